The van der Waals surface area contributed by atoms with E-state index in [2.05, 4.69) is 0 Å². The summed E-state index contributed by atoms with van der Waals surface area (Å²) in [5.74, 6) is 0.107. The Morgan fingerprint density at radius 1 is 1.33 bits per heavy atom. The van der Waals surface area contributed by atoms with E-state index in [1.807, 2.05) is 24.0 Å². The number of carboxylic acid groups (broad SMARTS) is 1. The monoisotopic (exact) mass is 333 g/mol. The van der Waals surface area contributed by atoms with Crippen LogP contribution in [0.3, 0.4) is 0 Å². The van der Waals surface area contributed by atoms with Crippen LogP contribution in [0.4, 0.5) is 5.69 Å². The highest BCUT2D eigenvalue weighted by Crippen LogP contribution is 2.33. The van der Waals surface area contributed by atoms with Crippen molar-refractivity contribution in [1.82, 2.24) is 0 Å². The molecule has 0 saturated carbocycles. The summed E-state index contributed by atoms with van der Waals surface area (Å²) in [5, 5.41) is 9.37. The Kier molecular flexibility index (Phi) is 7.68. The van der Waals surface area contributed by atoms with Crippen molar-refractivity contribution in [2.75, 3.05) is 36.9 Å². The maximum absolute atomic E-state index is 11.4. The van der Waals surface area contributed by atoms with Crippen molar-refractivity contribution in [2.45, 2.75) is 19.3 Å². The van der Waals surface area contributed by atoms with Crippen molar-refractivity contribution in [1.29, 1.82) is 0 Å². The fourth-order valence-electron chi connectivity index (χ4n) is 2.29. The molecule has 0 radical (unpaired) electrons. The van der Waals surface area contributed by atoms with Gasteiger partial charge in [0.15, 0.2) is 0 Å². The molecule has 6 heteroatoms. The first-order chi connectivity index (χ1) is 10.1. The molecule has 0 bridgehead atoms. The lowest BCUT2D eigenvalue weighted by Crippen LogP contribution is -2.27. The fraction of sp³-hybridized carbons (Fsp3) is 0.533. The molecule has 4 nitrogen and oxygen atoms in total. The lowest BCUT2D eigenvalue weighted by atomic mass is 9.95. The molecule has 0 aliphatic rings. The Morgan fingerprint density at radius 2 is 1.95 bits per heavy atom. The molecular formula is C15H21Cl2NO3. The number of benzene rings is 1. The van der Waals surface area contributed by atoms with Crippen molar-refractivity contribution in [2.24, 2.45) is 0 Å². The minimum atomic E-state index is -0.853. The Labute approximate surface area is 135 Å². The van der Waals surface area contributed by atoms with Gasteiger partial charge in [-0.05, 0) is 24.6 Å². The molecule has 1 aromatic rings. The zero-order chi connectivity index (χ0) is 15.8. The summed E-state index contributed by atoms with van der Waals surface area (Å²) in [6, 6.07) is 5.56. The highest BCUT2D eigenvalue weighted by atomic mass is 35.5. The van der Waals surface area contributed by atoms with E-state index >= 15 is 0 Å². The summed E-state index contributed by atoms with van der Waals surface area (Å²) in [5.41, 5.74) is 1.59. The lowest BCUT2D eigenvalue weighted by molar-refractivity contribution is -0.138. The van der Waals surface area contributed by atoms with E-state index in [1.165, 1.54) is 0 Å². The molecule has 0 aliphatic heterocycles. The lowest BCUT2D eigenvalue weighted by Gasteiger charge is -2.25. The highest BCUT2D eigenvalue weighted by molar-refractivity contribution is 6.18. The molecule has 1 N–H and O–H groups in total. The van der Waals surface area contributed by atoms with Crippen molar-refractivity contribution >= 4 is 34.9 Å². The van der Waals surface area contributed by atoms with Gasteiger partial charge in [0.25, 0.3) is 0 Å². The van der Waals surface area contributed by atoms with Crippen LogP contribution in [0.25, 0.3) is 0 Å². The number of hydrogen-bond donors (Lipinski definition) is 1. The fourth-order valence-corrected chi connectivity index (χ4v) is 2.70. The second-order valence-corrected chi connectivity index (χ2v) is 5.35. The van der Waals surface area contributed by atoms with Crippen molar-refractivity contribution in [3.63, 3.8) is 0 Å². The number of halogens is 2. The first-order valence-electron chi connectivity index (χ1n) is 6.86. The number of aliphatic carboxylic acids is 1. The van der Waals surface area contributed by atoms with Gasteiger partial charge in [0.2, 0.25) is 0 Å². The van der Waals surface area contributed by atoms with Crippen LogP contribution in [0.1, 0.15) is 24.8 Å². The molecule has 0 spiro atoms. The zero-order valence-electron chi connectivity index (χ0n) is 12.3. The van der Waals surface area contributed by atoms with E-state index in [4.69, 9.17) is 27.9 Å². The molecular weight excluding hydrogens is 313 g/mol. The minimum Gasteiger partial charge on any atom is -0.496 e. The molecule has 0 amide bonds. The van der Waals surface area contributed by atoms with Gasteiger partial charge in [-0.25, -0.2) is 0 Å². The van der Waals surface area contributed by atoms with Crippen LogP contribution in [0.2, 0.25) is 0 Å². The number of ether oxygens (including phenoxy) is 1. The Bertz CT molecular complexity index is 462. The second kappa shape index (κ2) is 9.00. The third-order valence-electron chi connectivity index (χ3n) is 3.37. The number of rotatable bonds is 9. The predicted molar refractivity (Wildman–Crippen MR) is 87.3 cm³/mol. The molecule has 21 heavy (non-hydrogen) atoms. The number of methoxy groups -OCH3 is 1. The predicted octanol–water partition coefficient (Wildman–Crippen LogP) is 3.56. The first kappa shape index (κ1) is 17.9. The summed E-state index contributed by atoms with van der Waals surface area (Å²) in [6.45, 7) is 3.16. The summed E-state index contributed by atoms with van der Waals surface area (Å²) in [4.78, 5) is 13.5. The van der Waals surface area contributed by atoms with Crippen LogP contribution in [-0.4, -0.2) is 43.0 Å². The average Bonchev–Trinajstić information content (AvgIpc) is 2.47. The van der Waals surface area contributed by atoms with Crippen LogP contribution < -0.4 is 9.64 Å². The molecule has 1 rings (SSSR count). The maximum atomic E-state index is 11.4. The van der Waals surface area contributed by atoms with E-state index < -0.39 is 11.9 Å². The van der Waals surface area contributed by atoms with Gasteiger partial charge in [0.05, 0.1) is 13.0 Å². The zero-order valence-corrected chi connectivity index (χ0v) is 13.8. The number of alkyl halides is 2. The van der Waals surface area contributed by atoms with Gasteiger partial charge in [0.1, 0.15) is 5.75 Å². The van der Waals surface area contributed by atoms with E-state index in [0.717, 1.165) is 5.69 Å². The molecule has 1 unspecified atom stereocenters. The topological polar surface area (TPSA) is 49.8 Å². The standard InChI is InChI=1S/C15H21Cl2NO3/c1-3-12(15(19)20)13-10-11(4-5-14(13)21-2)18(8-6-16)9-7-17/h4-5,10,12H,3,6-9H2,1-2H3,(H,19,20). The van der Waals surface area contributed by atoms with E-state index in [0.29, 0.717) is 42.6 Å². The normalized spacial score (nSPS) is 12.0. The van der Waals surface area contributed by atoms with Gasteiger partial charge >= 0.3 is 5.97 Å². The van der Waals surface area contributed by atoms with Gasteiger partial charge in [-0.2, -0.15) is 0 Å². The van der Waals surface area contributed by atoms with Crippen LogP contribution in [0, 0.1) is 0 Å². The Hall–Kier alpha value is -1.13. The van der Waals surface area contributed by atoms with Gasteiger partial charge in [-0.1, -0.05) is 6.92 Å². The van der Waals surface area contributed by atoms with Crippen molar-refractivity contribution < 1.29 is 14.6 Å². The van der Waals surface area contributed by atoms with Crippen LogP contribution >= 0.6 is 23.2 Å². The smallest absolute Gasteiger partial charge is 0.311 e. The third kappa shape index (κ3) is 4.68. The largest absolute Gasteiger partial charge is 0.496 e. The number of carbonyl (C=O) groups is 1. The quantitative estimate of drug-likeness (QED) is 0.702. The molecule has 0 aromatic heterocycles. The van der Waals surface area contributed by atoms with Crippen LogP contribution in [0.15, 0.2) is 18.2 Å². The van der Waals surface area contributed by atoms with Crippen LogP contribution in [0.5, 0.6) is 5.75 Å². The van der Waals surface area contributed by atoms with Crippen molar-refractivity contribution in [3.05, 3.63) is 23.8 Å². The number of nitrogens with zero attached hydrogens (tertiary/aromatic N) is 1. The summed E-state index contributed by atoms with van der Waals surface area (Å²) < 4.78 is 5.30. The highest BCUT2D eigenvalue weighted by Gasteiger charge is 2.22. The molecule has 1 aromatic carbocycles. The van der Waals surface area contributed by atoms with E-state index in [-0.39, 0.29) is 0 Å². The maximum Gasteiger partial charge on any atom is 0.311 e. The van der Waals surface area contributed by atoms with E-state index in [1.54, 1.807) is 13.2 Å². The first-order valence-corrected chi connectivity index (χ1v) is 7.93. The van der Waals surface area contributed by atoms with Crippen LogP contribution in [-0.2, 0) is 4.79 Å². The number of carboxylic acids is 1. The molecule has 118 valence electrons. The third-order valence-corrected chi connectivity index (χ3v) is 3.71. The van der Waals surface area contributed by atoms with Crippen molar-refractivity contribution in [3.8, 4) is 5.75 Å². The molecule has 0 heterocycles. The SMILES string of the molecule is CCC(C(=O)O)c1cc(N(CCCl)CCCl)ccc1OC. The average molecular weight is 334 g/mol. The molecule has 0 fully saturated rings. The summed E-state index contributed by atoms with van der Waals surface area (Å²) >= 11 is 11.6. The number of anilines is 1. The van der Waals surface area contributed by atoms with Gasteiger partial charge < -0.3 is 14.7 Å². The van der Waals surface area contributed by atoms with Gasteiger partial charge in [-0.3, -0.25) is 4.79 Å². The summed E-state index contributed by atoms with van der Waals surface area (Å²) in [6.07, 6.45) is 0.500. The minimum absolute atomic E-state index is 0.481. The summed E-state index contributed by atoms with van der Waals surface area (Å²) in [7, 11) is 1.54. The number of hydrogen-bond acceptors (Lipinski definition) is 3. The Morgan fingerprint density at radius 3 is 2.38 bits per heavy atom. The molecule has 0 aliphatic carbocycles. The van der Waals surface area contributed by atoms with Gasteiger partial charge in [-0.15, -0.1) is 23.2 Å². The van der Waals surface area contributed by atoms with Gasteiger partial charge in [0, 0.05) is 36.1 Å². The molecule has 0 saturated heterocycles. The second-order valence-electron chi connectivity index (χ2n) is 4.59. The van der Waals surface area contributed by atoms with E-state index in [9.17, 15) is 9.90 Å². The Balaban J connectivity index is 3.22. The molecule has 1 atom stereocenters.